The predicted molar refractivity (Wildman–Crippen MR) is 147 cm³/mol. The van der Waals surface area contributed by atoms with Crippen molar-refractivity contribution in [3.63, 3.8) is 0 Å². The number of benzene rings is 1. The number of nitrogens with zero attached hydrogens (tertiary/aromatic N) is 5. The average molecular weight is 571 g/mol. The number of nitrogens with one attached hydrogen (secondary N) is 1. The lowest BCUT2D eigenvalue weighted by atomic mass is 10.0. The van der Waals surface area contributed by atoms with Gasteiger partial charge in [-0.25, -0.2) is 23.4 Å². The molecule has 12 heteroatoms. The van der Waals surface area contributed by atoms with Gasteiger partial charge in [-0.1, -0.05) is 24.6 Å². The Morgan fingerprint density at radius 1 is 0.925 bits per heavy atom. The first-order valence-electron chi connectivity index (χ1n) is 13.2. The number of aromatic nitrogens is 4. The molecular weight excluding hydrogens is 541 g/mol. The number of fused-ring (bicyclic) bond motifs is 2. The summed E-state index contributed by atoms with van der Waals surface area (Å²) >= 11 is -0.129. The minimum atomic E-state index is -0.799. The van der Waals surface area contributed by atoms with Crippen molar-refractivity contribution in [2.75, 3.05) is 13.1 Å². The van der Waals surface area contributed by atoms with Crippen molar-refractivity contribution in [2.45, 2.75) is 50.6 Å². The van der Waals surface area contributed by atoms with Crippen LogP contribution in [0.15, 0.2) is 65.7 Å². The van der Waals surface area contributed by atoms with Gasteiger partial charge in [0.2, 0.25) is 0 Å². The third kappa shape index (κ3) is 5.86. The highest BCUT2D eigenvalue weighted by molar-refractivity contribution is 7.92. The summed E-state index contributed by atoms with van der Waals surface area (Å²) in [7, 11) is 0. The number of piperidine rings is 1. The number of carbonyl (C=O) groups excluding carboxylic acids is 1. The lowest BCUT2D eigenvalue weighted by molar-refractivity contribution is 0.167. The van der Waals surface area contributed by atoms with E-state index in [0.717, 1.165) is 47.5 Å². The van der Waals surface area contributed by atoms with Crippen LogP contribution >= 0.6 is 12.3 Å². The van der Waals surface area contributed by atoms with Crippen LogP contribution in [0.1, 0.15) is 55.4 Å². The minimum absolute atomic E-state index is 0.0767. The molecule has 2 aliphatic rings. The second kappa shape index (κ2) is 12.6. The van der Waals surface area contributed by atoms with Crippen LogP contribution in [-0.4, -0.2) is 42.5 Å². The van der Waals surface area contributed by atoms with Crippen molar-refractivity contribution < 1.29 is 17.5 Å². The molecule has 1 fully saturated rings. The van der Waals surface area contributed by atoms with E-state index in [9.17, 15) is 22.3 Å². The van der Waals surface area contributed by atoms with Crippen LogP contribution in [0.4, 0.5) is 17.5 Å². The molecule has 210 valence electrons. The molecule has 1 N–H and O–H groups in total. The fraction of sp³-hybridized carbons (Fsp3) is 0.357. The summed E-state index contributed by atoms with van der Waals surface area (Å²) in [6.07, 6.45) is 8.61. The molecule has 0 spiro atoms. The molecule has 1 atom stereocenters. The molecule has 1 aliphatic heterocycles. The standard InChI is InChI=1S/C22H25FN6O2S.C6H4F2/c23-32-29-20-18(8-4-12-25-20)28(22(29)31)16-9-13-27(14-10-16)21(30)26-17-7-2-1-5-15-6-3-11-24-19(15)17;7-5-3-1-2-4-6(5)8/h3-4,6,8,11-12,16-17H,1-2,5,7,9-10,13-14H2,(H,26,30);1-4H. The largest absolute Gasteiger partial charge is 0.342 e. The van der Waals surface area contributed by atoms with E-state index in [0.29, 0.717) is 37.1 Å². The van der Waals surface area contributed by atoms with Crippen LogP contribution in [0.2, 0.25) is 0 Å². The van der Waals surface area contributed by atoms with E-state index in [1.54, 1.807) is 34.0 Å². The minimum Gasteiger partial charge on any atom is -0.330 e. The fourth-order valence-electron chi connectivity index (χ4n) is 5.36. The summed E-state index contributed by atoms with van der Waals surface area (Å²) in [5.74, 6) is -1.60. The van der Waals surface area contributed by atoms with Crippen LogP contribution in [0.25, 0.3) is 11.2 Å². The Morgan fingerprint density at radius 2 is 1.62 bits per heavy atom. The van der Waals surface area contributed by atoms with E-state index in [1.165, 1.54) is 17.7 Å². The Hall–Kier alpha value is -3.80. The van der Waals surface area contributed by atoms with Gasteiger partial charge in [-0.05, 0) is 68.0 Å². The van der Waals surface area contributed by atoms with Crippen molar-refractivity contribution in [2.24, 2.45) is 0 Å². The molecule has 0 radical (unpaired) electrons. The second-order valence-electron chi connectivity index (χ2n) is 9.79. The number of halogens is 3. The van der Waals surface area contributed by atoms with Crippen LogP contribution in [0, 0.1) is 11.6 Å². The van der Waals surface area contributed by atoms with Gasteiger partial charge in [-0.3, -0.25) is 9.55 Å². The lowest BCUT2D eigenvalue weighted by Gasteiger charge is -2.33. The number of likely N-dealkylation sites (tertiary alicyclic amines) is 1. The normalized spacial score (nSPS) is 17.5. The zero-order valence-electron chi connectivity index (χ0n) is 21.7. The summed E-state index contributed by atoms with van der Waals surface area (Å²) < 4.78 is 39.9. The van der Waals surface area contributed by atoms with Gasteiger partial charge < -0.3 is 10.2 Å². The Kier molecular flexibility index (Phi) is 8.73. The summed E-state index contributed by atoms with van der Waals surface area (Å²) in [6.45, 7) is 1.06. The molecule has 1 unspecified atom stereocenters. The van der Waals surface area contributed by atoms with E-state index in [-0.39, 0.29) is 30.4 Å². The van der Waals surface area contributed by atoms with Crippen LogP contribution < -0.4 is 11.0 Å². The van der Waals surface area contributed by atoms with E-state index in [4.69, 9.17) is 0 Å². The average Bonchev–Trinajstić information content (AvgIpc) is 3.12. The maximum absolute atomic E-state index is 13.4. The molecule has 6 rings (SSSR count). The van der Waals surface area contributed by atoms with Crippen LogP contribution in [-0.2, 0) is 6.42 Å². The van der Waals surface area contributed by atoms with E-state index < -0.39 is 17.3 Å². The highest BCUT2D eigenvalue weighted by Gasteiger charge is 2.30. The van der Waals surface area contributed by atoms with Gasteiger partial charge in [0.1, 0.15) is 0 Å². The number of rotatable bonds is 3. The van der Waals surface area contributed by atoms with Crippen LogP contribution in [0.5, 0.6) is 0 Å². The quantitative estimate of drug-likeness (QED) is 0.317. The molecule has 3 aromatic heterocycles. The molecular formula is C28H29F3N6O2S. The molecule has 1 saturated heterocycles. The van der Waals surface area contributed by atoms with Crippen molar-refractivity contribution >= 4 is 29.5 Å². The van der Waals surface area contributed by atoms with Crippen molar-refractivity contribution in [3.8, 4) is 0 Å². The Labute approximate surface area is 233 Å². The molecule has 1 aliphatic carbocycles. The van der Waals surface area contributed by atoms with Crippen molar-refractivity contribution in [1.29, 1.82) is 0 Å². The number of pyridine rings is 2. The SMILES string of the molecule is Fc1ccccc1F.O=C(NC1CCCCc2cccnc21)N1CCC(n2c(=O)n(SF)c3ncccc32)CC1. The first kappa shape index (κ1) is 27.8. The highest BCUT2D eigenvalue weighted by atomic mass is 32.2. The summed E-state index contributed by atoms with van der Waals surface area (Å²) in [5, 5.41) is 3.18. The lowest BCUT2D eigenvalue weighted by Crippen LogP contribution is -2.46. The number of imidazole rings is 1. The monoisotopic (exact) mass is 570 g/mol. The molecule has 0 saturated carbocycles. The zero-order valence-corrected chi connectivity index (χ0v) is 22.5. The Morgan fingerprint density at radius 3 is 2.33 bits per heavy atom. The maximum Gasteiger partial charge on any atom is 0.342 e. The molecule has 8 nitrogen and oxygen atoms in total. The third-order valence-corrected chi connectivity index (χ3v) is 7.82. The first-order chi connectivity index (χ1) is 19.5. The van der Waals surface area contributed by atoms with Gasteiger partial charge in [0.25, 0.3) is 0 Å². The number of amides is 2. The predicted octanol–water partition coefficient (Wildman–Crippen LogP) is 5.75. The van der Waals surface area contributed by atoms with E-state index in [1.807, 2.05) is 6.07 Å². The van der Waals surface area contributed by atoms with Gasteiger partial charge in [0, 0.05) is 31.5 Å². The van der Waals surface area contributed by atoms with Gasteiger partial charge in [-0.15, -0.1) is 3.89 Å². The Bertz CT molecular complexity index is 1520. The number of hydrogen-bond acceptors (Lipinski definition) is 5. The second-order valence-corrected chi connectivity index (χ2v) is 10.3. The van der Waals surface area contributed by atoms with E-state index in [2.05, 4.69) is 21.4 Å². The van der Waals surface area contributed by atoms with Gasteiger partial charge in [0.15, 0.2) is 29.6 Å². The fourth-order valence-corrected chi connectivity index (χ4v) is 5.72. The third-order valence-electron chi connectivity index (χ3n) is 7.35. The summed E-state index contributed by atoms with van der Waals surface area (Å²) in [6, 6.07) is 12.3. The smallest absolute Gasteiger partial charge is 0.330 e. The molecule has 1 aromatic carbocycles. The molecule has 40 heavy (non-hydrogen) atoms. The number of carbonyl (C=O) groups is 1. The number of urea groups is 1. The van der Waals surface area contributed by atoms with Crippen LogP contribution in [0.3, 0.4) is 0 Å². The topological polar surface area (TPSA) is 85.0 Å². The van der Waals surface area contributed by atoms with Crippen molar-refractivity contribution in [1.82, 2.24) is 28.7 Å². The Balaban J connectivity index is 0.000000348. The summed E-state index contributed by atoms with van der Waals surface area (Å²) in [5.41, 5.74) is 2.71. The summed E-state index contributed by atoms with van der Waals surface area (Å²) in [4.78, 5) is 36.3. The maximum atomic E-state index is 13.4. The number of hydrogen-bond donors (Lipinski definition) is 1. The van der Waals surface area contributed by atoms with Crippen molar-refractivity contribution in [3.05, 3.63) is 94.3 Å². The number of aryl methyl sites for hydroxylation is 1. The molecule has 0 bridgehead atoms. The zero-order chi connectivity index (χ0) is 28.1. The molecule has 4 aromatic rings. The van der Waals surface area contributed by atoms with Gasteiger partial charge in [0.05, 0.1) is 17.3 Å². The highest BCUT2D eigenvalue weighted by Crippen LogP contribution is 2.29. The molecule has 2 amide bonds. The van der Waals surface area contributed by atoms with Gasteiger partial charge >= 0.3 is 11.7 Å². The first-order valence-corrected chi connectivity index (χ1v) is 13.9. The van der Waals surface area contributed by atoms with E-state index >= 15 is 0 Å². The molecule has 4 heterocycles. The van der Waals surface area contributed by atoms with Gasteiger partial charge in [-0.2, -0.15) is 3.97 Å².